The van der Waals surface area contributed by atoms with Crippen molar-refractivity contribution in [2.45, 2.75) is 50.1 Å². The Bertz CT molecular complexity index is 1050. The van der Waals surface area contributed by atoms with Gasteiger partial charge < -0.3 is 10.2 Å². The zero-order valence-electron chi connectivity index (χ0n) is 18.0. The molecule has 0 unspecified atom stereocenters. The molecule has 0 bridgehead atoms. The van der Waals surface area contributed by atoms with E-state index in [4.69, 9.17) is 0 Å². The number of nitrogens with zero attached hydrogens (tertiary/aromatic N) is 1. The second kappa shape index (κ2) is 10.7. The quantitative estimate of drug-likeness (QED) is 0.600. The fourth-order valence-corrected chi connectivity index (χ4v) is 5.02. The van der Waals surface area contributed by atoms with Crippen molar-refractivity contribution in [3.8, 4) is 0 Å². The largest absolute Gasteiger partial charge is 0.350 e. The van der Waals surface area contributed by atoms with Gasteiger partial charge in [0.2, 0.25) is 15.9 Å². The molecule has 3 rings (SSSR count). The van der Waals surface area contributed by atoms with E-state index in [0.717, 1.165) is 31.2 Å². The van der Waals surface area contributed by atoms with E-state index in [1.54, 1.807) is 19.1 Å². The minimum atomic E-state index is -3.72. The molecule has 1 aliphatic rings. The number of carbonyl (C=O) groups is 2. The van der Waals surface area contributed by atoms with Crippen molar-refractivity contribution in [3.63, 3.8) is 0 Å². The van der Waals surface area contributed by atoms with Crippen LogP contribution in [0.15, 0.2) is 53.4 Å². The third-order valence-electron chi connectivity index (χ3n) is 5.47. The highest BCUT2D eigenvalue weighted by atomic mass is 32.2. The van der Waals surface area contributed by atoms with Gasteiger partial charge in [-0.2, -0.15) is 0 Å². The van der Waals surface area contributed by atoms with E-state index in [2.05, 4.69) is 10.0 Å². The normalized spacial score (nSPS) is 14.3. The lowest BCUT2D eigenvalue weighted by atomic mass is 10.2. The summed E-state index contributed by atoms with van der Waals surface area (Å²) < 4.78 is 41.1. The Balaban J connectivity index is 1.63. The van der Waals surface area contributed by atoms with Gasteiger partial charge in [0.15, 0.2) is 0 Å². The number of sulfonamides is 1. The topological polar surface area (TPSA) is 95.6 Å². The minimum absolute atomic E-state index is 0.0343. The van der Waals surface area contributed by atoms with Crippen LogP contribution in [0.25, 0.3) is 0 Å². The van der Waals surface area contributed by atoms with Crippen LogP contribution >= 0.6 is 0 Å². The highest BCUT2D eigenvalue weighted by Crippen LogP contribution is 2.21. The Labute approximate surface area is 188 Å². The molecule has 1 fully saturated rings. The molecule has 2 aromatic carbocycles. The van der Waals surface area contributed by atoms with Crippen LogP contribution in [0.1, 0.15) is 48.5 Å². The lowest BCUT2D eigenvalue weighted by Crippen LogP contribution is -2.40. The van der Waals surface area contributed by atoms with Gasteiger partial charge >= 0.3 is 0 Å². The molecular weight excluding hydrogens is 433 g/mol. The fraction of sp³-hybridized carbons (Fsp3) is 0.391. The third-order valence-corrected chi connectivity index (χ3v) is 6.99. The van der Waals surface area contributed by atoms with Crippen LogP contribution < -0.4 is 10.0 Å². The monoisotopic (exact) mass is 461 g/mol. The molecule has 7 nitrogen and oxygen atoms in total. The van der Waals surface area contributed by atoms with Crippen molar-refractivity contribution in [3.05, 3.63) is 65.5 Å². The molecule has 0 saturated heterocycles. The number of hydrogen-bond donors (Lipinski definition) is 2. The van der Waals surface area contributed by atoms with Gasteiger partial charge in [-0.15, -0.1) is 0 Å². The average molecular weight is 462 g/mol. The number of hydrogen-bond acceptors (Lipinski definition) is 4. The Morgan fingerprint density at radius 1 is 1.09 bits per heavy atom. The molecule has 9 heteroatoms. The van der Waals surface area contributed by atoms with E-state index in [1.807, 2.05) is 0 Å². The second-order valence-corrected chi connectivity index (χ2v) is 9.57. The first-order chi connectivity index (χ1) is 15.3. The molecule has 172 valence electrons. The zero-order valence-corrected chi connectivity index (χ0v) is 18.8. The Morgan fingerprint density at radius 2 is 1.78 bits per heavy atom. The number of likely N-dealkylation sites (N-methyl/N-ethyl adjacent to an activating group) is 1. The molecule has 0 aliphatic heterocycles. The summed E-state index contributed by atoms with van der Waals surface area (Å²) >= 11 is 0. The van der Waals surface area contributed by atoms with Gasteiger partial charge in [0.25, 0.3) is 5.91 Å². The molecule has 0 spiro atoms. The Kier molecular flexibility index (Phi) is 7.98. The van der Waals surface area contributed by atoms with Gasteiger partial charge in [0.1, 0.15) is 5.82 Å². The number of carbonyl (C=O) groups excluding carboxylic acids is 2. The van der Waals surface area contributed by atoms with E-state index in [9.17, 15) is 22.4 Å². The maximum Gasteiger partial charge on any atom is 0.254 e. The molecule has 1 saturated carbocycles. The molecule has 0 heterocycles. The molecule has 2 N–H and O–H groups in total. The predicted octanol–water partition coefficient (Wildman–Crippen LogP) is 2.83. The van der Waals surface area contributed by atoms with Crippen LogP contribution in [0.2, 0.25) is 0 Å². The first kappa shape index (κ1) is 23.9. The molecule has 2 aromatic rings. The van der Waals surface area contributed by atoms with Crippen molar-refractivity contribution in [1.29, 1.82) is 0 Å². The highest BCUT2D eigenvalue weighted by Gasteiger charge is 2.24. The number of nitrogens with one attached hydrogen (secondary N) is 2. The summed E-state index contributed by atoms with van der Waals surface area (Å²) in [5.41, 5.74) is 0.939. The van der Waals surface area contributed by atoms with Gasteiger partial charge in [0.05, 0.1) is 11.4 Å². The van der Waals surface area contributed by atoms with Crippen molar-refractivity contribution >= 4 is 21.8 Å². The van der Waals surface area contributed by atoms with E-state index in [1.165, 1.54) is 41.3 Å². The van der Waals surface area contributed by atoms with Crippen LogP contribution in [0.5, 0.6) is 0 Å². The van der Waals surface area contributed by atoms with Crippen LogP contribution in [0.3, 0.4) is 0 Å². The highest BCUT2D eigenvalue weighted by molar-refractivity contribution is 7.89. The van der Waals surface area contributed by atoms with Crippen molar-refractivity contribution in [1.82, 2.24) is 14.9 Å². The van der Waals surface area contributed by atoms with Crippen molar-refractivity contribution in [2.24, 2.45) is 0 Å². The molecule has 32 heavy (non-hydrogen) atoms. The number of rotatable bonds is 9. The summed E-state index contributed by atoms with van der Waals surface area (Å²) in [6.07, 6.45) is 3.63. The molecule has 2 amide bonds. The van der Waals surface area contributed by atoms with Crippen molar-refractivity contribution < 1.29 is 22.4 Å². The Morgan fingerprint density at radius 3 is 2.44 bits per heavy atom. The van der Waals surface area contributed by atoms with Crippen LogP contribution in [0.4, 0.5) is 4.39 Å². The van der Waals surface area contributed by atoms with Crippen LogP contribution in [0, 0.1) is 5.82 Å². The standard InChI is InChI=1S/C23H28FN3O4S/c1-2-27(16-22(28)25-15-17-10-12-19(24)13-11-17)23(29)18-6-5-9-21(14-18)32(30,31)26-20-7-3-4-8-20/h5-6,9-14,20,26H,2-4,7-8,15-16H2,1H3,(H,25,28). The third kappa shape index (κ3) is 6.37. The summed E-state index contributed by atoms with van der Waals surface area (Å²) in [5.74, 6) is -1.15. The summed E-state index contributed by atoms with van der Waals surface area (Å²) in [4.78, 5) is 26.6. The van der Waals surface area contributed by atoms with Gasteiger partial charge in [0, 0.05) is 24.7 Å². The molecule has 0 radical (unpaired) electrons. The summed E-state index contributed by atoms with van der Waals surface area (Å²) in [7, 11) is -3.72. The van der Waals surface area contributed by atoms with E-state index >= 15 is 0 Å². The first-order valence-electron chi connectivity index (χ1n) is 10.7. The maximum absolute atomic E-state index is 13.0. The molecular formula is C23H28FN3O4S. The van der Waals surface area contributed by atoms with E-state index < -0.39 is 15.9 Å². The van der Waals surface area contributed by atoms with Crippen LogP contribution in [-0.2, 0) is 21.4 Å². The summed E-state index contributed by atoms with van der Waals surface area (Å²) in [6.45, 7) is 2.06. The molecule has 0 aromatic heterocycles. The first-order valence-corrected chi connectivity index (χ1v) is 12.2. The molecule has 0 atom stereocenters. The SMILES string of the molecule is CCN(CC(=O)NCc1ccc(F)cc1)C(=O)c1cccc(S(=O)(=O)NC2CCCC2)c1. The second-order valence-electron chi connectivity index (χ2n) is 7.85. The number of amides is 2. The zero-order chi connectivity index (χ0) is 23.1. The van der Waals surface area contributed by atoms with E-state index in [-0.39, 0.29) is 47.9 Å². The lowest BCUT2D eigenvalue weighted by Gasteiger charge is -2.21. The summed E-state index contributed by atoms with van der Waals surface area (Å²) in [5, 5.41) is 2.70. The van der Waals surface area contributed by atoms with Gasteiger partial charge in [-0.3, -0.25) is 9.59 Å². The van der Waals surface area contributed by atoms with E-state index in [0.29, 0.717) is 0 Å². The average Bonchev–Trinajstić information content (AvgIpc) is 3.29. The van der Waals surface area contributed by atoms with Gasteiger partial charge in [-0.25, -0.2) is 17.5 Å². The minimum Gasteiger partial charge on any atom is -0.350 e. The Hall–Kier alpha value is -2.78. The maximum atomic E-state index is 13.0. The smallest absolute Gasteiger partial charge is 0.254 e. The van der Waals surface area contributed by atoms with Crippen LogP contribution in [-0.4, -0.2) is 44.3 Å². The van der Waals surface area contributed by atoms with Crippen molar-refractivity contribution in [2.75, 3.05) is 13.1 Å². The predicted molar refractivity (Wildman–Crippen MR) is 119 cm³/mol. The lowest BCUT2D eigenvalue weighted by molar-refractivity contribution is -0.121. The number of benzene rings is 2. The number of halogens is 1. The van der Waals surface area contributed by atoms with Gasteiger partial charge in [-0.05, 0) is 55.7 Å². The fourth-order valence-electron chi connectivity index (χ4n) is 3.67. The summed E-state index contributed by atoms with van der Waals surface area (Å²) in [6, 6.07) is 11.6. The molecule has 1 aliphatic carbocycles. The van der Waals surface area contributed by atoms with Gasteiger partial charge in [-0.1, -0.05) is 31.0 Å².